The summed E-state index contributed by atoms with van der Waals surface area (Å²) in [4.78, 5) is 11.9. The first-order valence-electron chi connectivity index (χ1n) is 6.08. The first-order valence-corrected chi connectivity index (χ1v) is 6.08. The molecule has 4 nitrogen and oxygen atoms in total. The number of nitrogens with zero attached hydrogens (tertiary/aromatic N) is 1. The van der Waals surface area contributed by atoms with Crippen molar-refractivity contribution in [3.8, 4) is 0 Å². The van der Waals surface area contributed by atoms with Crippen molar-refractivity contribution in [2.45, 2.75) is 25.7 Å². The lowest BCUT2D eigenvalue weighted by molar-refractivity contribution is -0.124. The molecule has 2 rings (SSSR count). The Morgan fingerprint density at radius 2 is 2.12 bits per heavy atom. The molecule has 1 unspecified atom stereocenters. The number of amides is 1. The van der Waals surface area contributed by atoms with Gasteiger partial charge in [0, 0.05) is 0 Å². The number of hydrogen-bond donors (Lipinski definition) is 2. The van der Waals surface area contributed by atoms with E-state index in [2.05, 4.69) is 12.2 Å². The van der Waals surface area contributed by atoms with Crippen LogP contribution < -0.4 is 10.4 Å². The number of benzene rings is 1. The normalized spacial score (nSPS) is 18.6. The molecule has 2 N–H and O–H groups in total. The summed E-state index contributed by atoms with van der Waals surface area (Å²) in [5.41, 5.74) is 1.55. The second-order valence-corrected chi connectivity index (χ2v) is 4.30. The van der Waals surface area contributed by atoms with Gasteiger partial charge in [0.05, 0.1) is 11.6 Å². The average molecular weight is 234 g/mol. The van der Waals surface area contributed by atoms with Gasteiger partial charge in [-0.3, -0.25) is 10.0 Å². The Labute approximate surface area is 101 Å². The summed E-state index contributed by atoms with van der Waals surface area (Å²) in [6.07, 6.45) is 1.81. The van der Waals surface area contributed by atoms with Crippen molar-refractivity contribution in [1.82, 2.24) is 5.32 Å². The summed E-state index contributed by atoms with van der Waals surface area (Å²) in [6, 6.07) is 7.41. The fourth-order valence-corrected chi connectivity index (χ4v) is 2.20. The van der Waals surface area contributed by atoms with Crippen molar-refractivity contribution in [2.24, 2.45) is 0 Å². The standard InChI is InChI=1S/C13H18N2O2/c1-2-8-14-9-7-11-10-5-3-4-6-12(10)15(17)13(11)16/h3-6,11,14,17H,2,7-9H2,1H3. The van der Waals surface area contributed by atoms with Crippen molar-refractivity contribution >= 4 is 11.6 Å². The Morgan fingerprint density at radius 3 is 2.88 bits per heavy atom. The predicted octanol–water partition coefficient (Wildman–Crippen LogP) is 1.90. The molecule has 4 heteroatoms. The molecule has 0 saturated heterocycles. The number of rotatable bonds is 5. The minimum atomic E-state index is -0.218. The second kappa shape index (κ2) is 5.29. The molecule has 1 amide bonds. The van der Waals surface area contributed by atoms with Crippen LogP contribution in [0.15, 0.2) is 24.3 Å². The van der Waals surface area contributed by atoms with Gasteiger partial charge in [-0.2, -0.15) is 5.06 Å². The van der Waals surface area contributed by atoms with Gasteiger partial charge in [-0.05, 0) is 37.6 Å². The van der Waals surface area contributed by atoms with E-state index in [1.807, 2.05) is 18.2 Å². The Hall–Kier alpha value is -1.39. The monoisotopic (exact) mass is 234 g/mol. The zero-order valence-electron chi connectivity index (χ0n) is 10.0. The quantitative estimate of drug-likeness (QED) is 0.604. The third-order valence-electron chi connectivity index (χ3n) is 3.08. The largest absolute Gasteiger partial charge is 0.317 e. The van der Waals surface area contributed by atoms with E-state index in [0.29, 0.717) is 5.69 Å². The van der Waals surface area contributed by atoms with Gasteiger partial charge in [-0.25, -0.2) is 0 Å². The Morgan fingerprint density at radius 1 is 1.35 bits per heavy atom. The summed E-state index contributed by atoms with van der Waals surface area (Å²) in [6.45, 7) is 3.87. The lowest BCUT2D eigenvalue weighted by Crippen LogP contribution is -2.27. The number of hydroxylamine groups is 1. The van der Waals surface area contributed by atoms with Crippen molar-refractivity contribution in [1.29, 1.82) is 0 Å². The predicted molar refractivity (Wildman–Crippen MR) is 66.2 cm³/mol. The highest BCUT2D eigenvalue weighted by Gasteiger charge is 2.35. The van der Waals surface area contributed by atoms with E-state index in [4.69, 9.17) is 0 Å². The topological polar surface area (TPSA) is 52.6 Å². The molecule has 17 heavy (non-hydrogen) atoms. The van der Waals surface area contributed by atoms with E-state index in [9.17, 15) is 10.0 Å². The smallest absolute Gasteiger partial charge is 0.258 e. The van der Waals surface area contributed by atoms with Crippen LogP contribution in [0.2, 0.25) is 0 Å². The van der Waals surface area contributed by atoms with Crippen molar-refractivity contribution in [2.75, 3.05) is 18.2 Å². The third-order valence-corrected chi connectivity index (χ3v) is 3.08. The minimum Gasteiger partial charge on any atom is -0.317 e. The van der Waals surface area contributed by atoms with Crippen LogP contribution in [0.1, 0.15) is 31.2 Å². The summed E-state index contributed by atoms with van der Waals surface area (Å²) >= 11 is 0. The summed E-state index contributed by atoms with van der Waals surface area (Å²) in [5, 5.41) is 13.7. The fourth-order valence-electron chi connectivity index (χ4n) is 2.20. The average Bonchev–Trinajstić information content (AvgIpc) is 2.60. The number of carbonyl (C=O) groups is 1. The molecule has 0 saturated carbocycles. The van der Waals surface area contributed by atoms with Crippen LogP contribution in [0.5, 0.6) is 0 Å². The van der Waals surface area contributed by atoms with E-state index in [1.165, 1.54) is 0 Å². The lowest BCUT2D eigenvalue weighted by atomic mass is 9.97. The van der Waals surface area contributed by atoms with Gasteiger partial charge >= 0.3 is 0 Å². The molecule has 92 valence electrons. The maximum absolute atomic E-state index is 11.9. The van der Waals surface area contributed by atoms with Gasteiger partial charge in [0.15, 0.2) is 0 Å². The molecule has 1 aromatic rings. The van der Waals surface area contributed by atoms with Crippen LogP contribution in [0.4, 0.5) is 5.69 Å². The van der Waals surface area contributed by atoms with E-state index >= 15 is 0 Å². The van der Waals surface area contributed by atoms with Crippen LogP contribution in [-0.2, 0) is 4.79 Å². The zero-order valence-corrected chi connectivity index (χ0v) is 10.0. The maximum Gasteiger partial charge on any atom is 0.258 e. The van der Waals surface area contributed by atoms with Crippen LogP contribution >= 0.6 is 0 Å². The number of hydrogen-bond acceptors (Lipinski definition) is 3. The third kappa shape index (κ3) is 2.33. The maximum atomic E-state index is 11.9. The van der Waals surface area contributed by atoms with Gasteiger partial charge in [-0.15, -0.1) is 0 Å². The molecule has 0 fully saturated rings. The van der Waals surface area contributed by atoms with Gasteiger partial charge < -0.3 is 5.32 Å². The second-order valence-electron chi connectivity index (χ2n) is 4.30. The number of anilines is 1. The van der Waals surface area contributed by atoms with Gasteiger partial charge in [0.1, 0.15) is 0 Å². The molecule has 1 atom stereocenters. The molecular formula is C13H18N2O2. The SMILES string of the molecule is CCCNCCC1C(=O)N(O)c2ccccc21. The highest BCUT2D eigenvalue weighted by molar-refractivity contribution is 6.02. The van der Waals surface area contributed by atoms with Gasteiger partial charge in [0.25, 0.3) is 5.91 Å². The van der Waals surface area contributed by atoms with Crippen LogP contribution in [0.3, 0.4) is 0 Å². The summed E-state index contributed by atoms with van der Waals surface area (Å²) < 4.78 is 0. The molecule has 0 aromatic heterocycles. The first-order chi connectivity index (χ1) is 8.25. The molecule has 0 aliphatic carbocycles. The van der Waals surface area contributed by atoms with E-state index in [-0.39, 0.29) is 11.8 Å². The minimum absolute atomic E-state index is 0.208. The molecule has 0 bridgehead atoms. The van der Waals surface area contributed by atoms with Crippen LogP contribution in [0, 0.1) is 0 Å². The number of carbonyl (C=O) groups excluding carboxylic acids is 1. The number of nitrogens with one attached hydrogen (secondary N) is 1. The van der Waals surface area contributed by atoms with E-state index in [1.54, 1.807) is 6.07 Å². The Balaban J connectivity index is 2.05. The molecule has 1 aliphatic rings. The van der Waals surface area contributed by atoms with Crippen LogP contribution in [-0.4, -0.2) is 24.2 Å². The van der Waals surface area contributed by atoms with E-state index < -0.39 is 0 Å². The molecule has 0 spiro atoms. The molecule has 1 aliphatic heterocycles. The fraction of sp³-hybridized carbons (Fsp3) is 0.462. The first kappa shape index (κ1) is 12.1. The lowest BCUT2D eigenvalue weighted by Gasteiger charge is -2.10. The van der Waals surface area contributed by atoms with Crippen molar-refractivity contribution in [3.05, 3.63) is 29.8 Å². The molecule has 0 radical (unpaired) electrons. The van der Waals surface area contributed by atoms with Crippen molar-refractivity contribution in [3.63, 3.8) is 0 Å². The van der Waals surface area contributed by atoms with Gasteiger partial charge in [0.2, 0.25) is 0 Å². The molecular weight excluding hydrogens is 216 g/mol. The Kier molecular flexibility index (Phi) is 3.76. The number of para-hydroxylation sites is 1. The highest BCUT2D eigenvalue weighted by atomic mass is 16.5. The molecule has 1 aromatic carbocycles. The van der Waals surface area contributed by atoms with Crippen LogP contribution in [0.25, 0.3) is 0 Å². The Bertz CT molecular complexity index is 406. The van der Waals surface area contributed by atoms with E-state index in [0.717, 1.165) is 36.6 Å². The van der Waals surface area contributed by atoms with Crippen molar-refractivity contribution < 1.29 is 10.0 Å². The zero-order chi connectivity index (χ0) is 12.3. The summed E-state index contributed by atoms with van der Waals surface area (Å²) in [5.74, 6) is -0.426. The van der Waals surface area contributed by atoms with Gasteiger partial charge in [-0.1, -0.05) is 25.1 Å². The molecule has 1 heterocycles. The highest BCUT2D eigenvalue weighted by Crippen LogP contribution is 2.37. The summed E-state index contributed by atoms with van der Waals surface area (Å²) in [7, 11) is 0. The number of fused-ring (bicyclic) bond motifs is 1.